The van der Waals surface area contributed by atoms with Crippen LogP contribution in [-0.4, -0.2) is 0 Å². The average molecular weight is 783 g/mol. The van der Waals surface area contributed by atoms with Gasteiger partial charge in [0.1, 0.15) is 0 Å². The van der Waals surface area contributed by atoms with Gasteiger partial charge in [-0.15, -0.1) is 0 Å². The molecular weight excluding hydrogens is 721 g/mol. The smallest absolute Gasteiger partial charge is 0.0159 e. The minimum atomic E-state index is 0.0224. The van der Waals surface area contributed by atoms with Crippen molar-refractivity contribution in [3.63, 3.8) is 0 Å². The molecule has 4 unspecified atom stereocenters. The van der Waals surface area contributed by atoms with E-state index in [9.17, 15) is 0 Å². The van der Waals surface area contributed by atoms with Crippen molar-refractivity contribution < 1.29 is 0 Å². The van der Waals surface area contributed by atoms with Crippen LogP contribution in [0.3, 0.4) is 0 Å². The van der Waals surface area contributed by atoms with Crippen LogP contribution in [0.15, 0.2) is 144 Å². The fourth-order valence-corrected chi connectivity index (χ4v) is 13.6. The van der Waals surface area contributed by atoms with E-state index in [1.807, 2.05) is 0 Å². The number of hydrogen-bond donors (Lipinski definition) is 0. The van der Waals surface area contributed by atoms with Crippen LogP contribution in [0.25, 0.3) is 33.4 Å². The van der Waals surface area contributed by atoms with E-state index in [-0.39, 0.29) is 21.7 Å². The Morgan fingerprint density at radius 2 is 1.08 bits per heavy atom. The first-order valence-corrected chi connectivity index (χ1v) is 23.1. The molecule has 1 saturated carbocycles. The number of benzene rings is 4. The third kappa shape index (κ3) is 5.34. The molecule has 4 atom stereocenters. The molecule has 0 saturated heterocycles. The van der Waals surface area contributed by atoms with E-state index >= 15 is 0 Å². The standard InChI is InChI=1S/C60H62/c1-10-36(37-21-25-46-44-15-11-13-17-50(44)58(4,5)53(46)32-37)29-43-30-42-20-19-38(31-52(42)57(43,2)3)39-23-27-48-49-28-24-41(35-56(49)60(8,9)55(48)34-39)40-22-26-47-45-16-12-14-18-51(45)59(6,7)54(47)33-40/h10-28,32,35,43,52,54-55H,29-31,33-34H2,1-9H3. The molecule has 0 amide bonds. The Labute approximate surface area is 360 Å². The van der Waals surface area contributed by atoms with Crippen molar-refractivity contribution in [2.24, 2.45) is 29.1 Å². The van der Waals surface area contributed by atoms with Gasteiger partial charge in [0.15, 0.2) is 0 Å². The van der Waals surface area contributed by atoms with Gasteiger partial charge in [-0.3, -0.25) is 0 Å². The van der Waals surface area contributed by atoms with E-state index in [0.717, 1.165) is 25.7 Å². The maximum Gasteiger partial charge on any atom is 0.0159 e. The maximum absolute atomic E-state index is 2.58. The predicted molar refractivity (Wildman–Crippen MR) is 256 cm³/mol. The van der Waals surface area contributed by atoms with Crippen LogP contribution in [0, 0.1) is 29.1 Å². The summed E-state index contributed by atoms with van der Waals surface area (Å²) in [6.45, 7) is 22.2. The number of hydrogen-bond acceptors (Lipinski definition) is 0. The Balaban J connectivity index is 0.809. The van der Waals surface area contributed by atoms with Crippen molar-refractivity contribution >= 4 is 22.3 Å². The van der Waals surface area contributed by atoms with Crippen molar-refractivity contribution in [3.8, 4) is 11.1 Å². The summed E-state index contributed by atoms with van der Waals surface area (Å²) in [5, 5.41) is 0. The maximum atomic E-state index is 2.58. The van der Waals surface area contributed by atoms with Gasteiger partial charge in [0.05, 0.1) is 0 Å². The zero-order valence-electron chi connectivity index (χ0n) is 37.5. The van der Waals surface area contributed by atoms with E-state index in [1.165, 1.54) is 78.8 Å². The molecule has 11 rings (SSSR count). The molecule has 1 fully saturated rings. The van der Waals surface area contributed by atoms with E-state index in [2.05, 4.69) is 190 Å². The zero-order chi connectivity index (χ0) is 41.5. The van der Waals surface area contributed by atoms with Crippen LogP contribution in [0.1, 0.15) is 139 Å². The zero-order valence-corrected chi connectivity index (χ0v) is 37.5. The molecule has 60 heavy (non-hydrogen) atoms. The van der Waals surface area contributed by atoms with Crippen LogP contribution in [0.4, 0.5) is 0 Å². The summed E-state index contributed by atoms with van der Waals surface area (Å²) in [7, 11) is 0. The van der Waals surface area contributed by atoms with Gasteiger partial charge in [-0.05, 0) is 174 Å². The first-order chi connectivity index (χ1) is 28.7. The molecule has 0 aliphatic heterocycles. The highest BCUT2D eigenvalue weighted by molar-refractivity contribution is 5.88. The van der Waals surface area contributed by atoms with E-state index in [1.54, 1.807) is 22.3 Å². The lowest BCUT2D eigenvalue weighted by atomic mass is 9.67. The summed E-state index contributed by atoms with van der Waals surface area (Å²) in [5.41, 5.74) is 25.9. The average Bonchev–Trinajstić information content (AvgIpc) is 3.83. The molecule has 0 spiro atoms. The van der Waals surface area contributed by atoms with Gasteiger partial charge in [0, 0.05) is 5.41 Å². The molecular formula is C60H62. The van der Waals surface area contributed by atoms with Crippen molar-refractivity contribution in [1.82, 2.24) is 0 Å². The quantitative estimate of drug-likeness (QED) is 0.189. The lowest BCUT2D eigenvalue weighted by molar-refractivity contribution is 0.195. The second-order valence-electron chi connectivity index (χ2n) is 21.8. The first kappa shape index (κ1) is 38.0. The van der Waals surface area contributed by atoms with Gasteiger partial charge >= 0.3 is 0 Å². The predicted octanol–water partition coefficient (Wildman–Crippen LogP) is 15.8. The van der Waals surface area contributed by atoms with Crippen molar-refractivity contribution in [1.29, 1.82) is 0 Å². The number of fused-ring (bicyclic) bond motifs is 10. The Morgan fingerprint density at radius 3 is 1.82 bits per heavy atom. The molecule has 302 valence electrons. The molecule has 0 heterocycles. The van der Waals surface area contributed by atoms with Crippen LogP contribution >= 0.6 is 0 Å². The van der Waals surface area contributed by atoms with Gasteiger partial charge < -0.3 is 0 Å². The minimum absolute atomic E-state index is 0.0224. The molecule has 0 bridgehead atoms. The molecule has 0 aromatic heterocycles. The van der Waals surface area contributed by atoms with Gasteiger partial charge in [-0.2, -0.15) is 0 Å². The van der Waals surface area contributed by atoms with Crippen LogP contribution in [-0.2, 0) is 16.2 Å². The van der Waals surface area contributed by atoms with Gasteiger partial charge in [-0.25, -0.2) is 0 Å². The largest absolute Gasteiger partial charge is 0.0838 e. The number of allylic oxidation sites excluding steroid dienone is 14. The second kappa shape index (κ2) is 13.0. The third-order valence-electron chi connectivity index (χ3n) is 17.6. The molecule has 7 aliphatic carbocycles. The SMILES string of the molecule is CC=C(CC1CC2=CC=C(C3=CC=C4c5ccc(C6=CC=C7c8ccccc8C(C)(C)C7C6)cc5C(C)(C)C4C3)CC2C1(C)C)c1ccc2c(c1)C(C)(C)c1ccccc1-2. The summed E-state index contributed by atoms with van der Waals surface area (Å²) in [6.07, 6.45) is 23.0. The first-order valence-electron chi connectivity index (χ1n) is 23.1. The van der Waals surface area contributed by atoms with Crippen LogP contribution < -0.4 is 0 Å². The molecule has 0 N–H and O–H groups in total. The monoisotopic (exact) mass is 782 g/mol. The summed E-state index contributed by atoms with van der Waals surface area (Å²) in [4.78, 5) is 0. The highest BCUT2D eigenvalue weighted by Crippen LogP contribution is 2.60. The normalized spacial score (nSPS) is 26.8. The van der Waals surface area contributed by atoms with Crippen molar-refractivity contribution in [3.05, 3.63) is 189 Å². The molecule has 0 nitrogen and oxygen atoms in total. The number of rotatable bonds is 5. The Bertz CT molecular complexity index is 2750. The van der Waals surface area contributed by atoms with E-state index in [4.69, 9.17) is 0 Å². The summed E-state index contributed by atoms with van der Waals surface area (Å²) >= 11 is 0. The Morgan fingerprint density at radius 1 is 0.517 bits per heavy atom. The fraction of sp³-hybridized carbons (Fsp3) is 0.367. The van der Waals surface area contributed by atoms with Crippen molar-refractivity contribution in [2.45, 2.75) is 111 Å². The molecule has 7 aliphatic rings. The highest BCUT2D eigenvalue weighted by atomic mass is 14.5. The lowest BCUT2D eigenvalue weighted by Crippen LogP contribution is -2.28. The topological polar surface area (TPSA) is 0 Å². The summed E-state index contributed by atoms with van der Waals surface area (Å²) in [6, 6.07) is 32.9. The molecule has 4 aromatic rings. The molecule has 0 heteroatoms. The van der Waals surface area contributed by atoms with E-state index < -0.39 is 0 Å². The fourth-order valence-electron chi connectivity index (χ4n) is 13.6. The van der Waals surface area contributed by atoms with Crippen molar-refractivity contribution in [2.75, 3.05) is 0 Å². The van der Waals surface area contributed by atoms with E-state index in [0.29, 0.717) is 23.7 Å². The highest BCUT2D eigenvalue weighted by Gasteiger charge is 2.49. The van der Waals surface area contributed by atoms with Crippen LogP contribution in [0.5, 0.6) is 0 Å². The molecule has 0 radical (unpaired) electrons. The van der Waals surface area contributed by atoms with Gasteiger partial charge in [0.25, 0.3) is 0 Å². The van der Waals surface area contributed by atoms with Gasteiger partial charge in [0.2, 0.25) is 0 Å². The van der Waals surface area contributed by atoms with Gasteiger partial charge in [-0.1, -0.05) is 182 Å². The Kier molecular flexibility index (Phi) is 8.26. The molecule has 4 aromatic carbocycles. The summed E-state index contributed by atoms with van der Waals surface area (Å²) < 4.78 is 0. The summed E-state index contributed by atoms with van der Waals surface area (Å²) in [5.74, 6) is 2.23. The Hall–Kier alpha value is -4.94. The lowest BCUT2D eigenvalue weighted by Gasteiger charge is -2.37. The minimum Gasteiger partial charge on any atom is -0.0838 e. The second-order valence-corrected chi connectivity index (χ2v) is 21.8. The van der Waals surface area contributed by atoms with Crippen LogP contribution in [0.2, 0.25) is 0 Å². The third-order valence-corrected chi connectivity index (χ3v) is 17.6.